The van der Waals surface area contributed by atoms with E-state index in [1.807, 2.05) is 6.92 Å². The van der Waals surface area contributed by atoms with Gasteiger partial charge in [-0.2, -0.15) is 0 Å². The number of nitrogens with one attached hydrogen (secondary N) is 1. The van der Waals surface area contributed by atoms with E-state index in [1.54, 1.807) is 12.0 Å². The zero-order valence-electron chi connectivity index (χ0n) is 14.0. The molecule has 2 heterocycles. The Bertz CT molecular complexity index is 561. The molecule has 23 heavy (non-hydrogen) atoms. The summed E-state index contributed by atoms with van der Waals surface area (Å²) < 4.78 is 5.08. The molecule has 2 rings (SSSR count). The first-order valence-electron chi connectivity index (χ1n) is 7.82. The Balaban J connectivity index is 1.91. The van der Waals surface area contributed by atoms with Gasteiger partial charge in [0.25, 0.3) is 0 Å². The van der Waals surface area contributed by atoms with E-state index < -0.39 is 0 Å². The second kappa shape index (κ2) is 7.83. The van der Waals surface area contributed by atoms with Gasteiger partial charge in [-0.15, -0.1) is 10.2 Å². The van der Waals surface area contributed by atoms with Gasteiger partial charge in [-0.05, 0) is 12.8 Å². The third kappa shape index (κ3) is 4.71. The van der Waals surface area contributed by atoms with Crippen LogP contribution in [0.5, 0.6) is 0 Å². The minimum Gasteiger partial charge on any atom is -0.383 e. The van der Waals surface area contributed by atoms with Crippen molar-refractivity contribution in [2.24, 2.45) is 11.8 Å². The normalized spacial score (nSPS) is 19.4. The molecule has 0 aliphatic carbocycles. The quantitative estimate of drug-likeness (QED) is 0.814. The van der Waals surface area contributed by atoms with Gasteiger partial charge in [0.2, 0.25) is 16.9 Å². The van der Waals surface area contributed by atoms with Crippen LogP contribution in [0.1, 0.15) is 32.2 Å². The van der Waals surface area contributed by atoms with Crippen LogP contribution in [0.4, 0.5) is 5.13 Å². The standard InChI is InChI=1S/C15H24N4O3S/c1-9(2)5-12-17-18-15(23-12)16-14(21)11-6-13(20)19(7-11)10(3)8-22-4/h9-11H,5-8H2,1-4H3,(H,16,18,21)/t10-,11+/m1/s1. The Morgan fingerprint density at radius 3 is 2.83 bits per heavy atom. The number of carbonyl (C=O) groups excluding carboxylic acids is 2. The van der Waals surface area contributed by atoms with Crippen molar-refractivity contribution in [3.8, 4) is 0 Å². The molecular formula is C15H24N4O3S. The molecule has 1 saturated heterocycles. The molecule has 2 amide bonds. The molecule has 1 aliphatic heterocycles. The number of hydrogen-bond donors (Lipinski definition) is 1. The van der Waals surface area contributed by atoms with Crippen LogP contribution in [0.3, 0.4) is 0 Å². The number of likely N-dealkylation sites (tertiary alicyclic amines) is 1. The van der Waals surface area contributed by atoms with E-state index >= 15 is 0 Å². The SMILES string of the molecule is COC[C@@H](C)N1C[C@@H](C(=O)Nc2nnc(CC(C)C)s2)CC1=O. The molecule has 1 aromatic rings. The number of rotatable bonds is 7. The summed E-state index contributed by atoms with van der Waals surface area (Å²) in [5.74, 6) is -0.0285. The van der Waals surface area contributed by atoms with Crippen LogP contribution in [0.15, 0.2) is 0 Å². The second-order valence-electron chi connectivity index (χ2n) is 6.34. The third-order valence-corrected chi connectivity index (χ3v) is 4.61. The summed E-state index contributed by atoms with van der Waals surface area (Å²) in [6.07, 6.45) is 1.08. The minimum absolute atomic E-state index is 0.00698. The molecule has 0 spiro atoms. The average molecular weight is 340 g/mol. The first kappa shape index (κ1) is 17.8. The number of amides is 2. The van der Waals surface area contributed by atoms with Gasteiger partial charge in [0.1, 0.15) is 5.01 Å². The van der Waals surface area contributed by atoms with Gasteiger partial charge >= 0.3 is 0 Å². The fourth-order valence-electron chi connectivity index (χ4n) is 2.61. The Morgan fingerprint density at radius 2 is 2.17 bits per heavy atom. The van der Waals surface area contributed by atoms with Gasteiger partial charge in [0.15, 0.2) is 0 Å². The predicted octanol–water partition coefficient (Wildman–Crippen LogP) is 1.56. The highest BCUT2D eigenvalue weighted by Gasteiger charge is 2.36. The first-order valence-corrected chi connectivity index (χ1v) is 8.64. The van der Waals surface area contributed by atoms with E-state index in [-0.39, 0.29) is 30.2 Å². The topological polar surface area (TPSA) is 84.4 Å². The molecule has 128 valence electrons. The summed E-state index contributed by atoms with van der Waals surface area (Å²) in [6, 6.07) is -0.0236. The lowest BCUT2D eigenvalue weighted by Crippen LogP contribution is -2.38. The van der Waals surface area contributed by atoms with Crippen molar-refractivity contribution < 1.29 is 14.3 Å². The lowest BCUT2D eigenvalue weighted by atomic mass is 10.1. The Labute approximate surface area is 140 Å². The van der Waals surface area contributed by atoms with E-state index in [0.717, 1.165) is 11.4 Å². The van der Waals surface area contributed by atoms with Crippen molar-refractivity contribution in [1.29, 1.82) is 0 Å². The summed E-state index contributed by atoms with van der Waals surface area (Å²) in [4.78, 5) is 26.1. The first-order chi connectivity index (χ1) is 10.9. The second-order valence-corrected chi connectivity index (χ2v) is 7.40. The minimum atomic E-state index is -0.348. The van der Waals surface area contributed by atoms with Crippen molar-refractivity contribution in [1.82, 2.24) is 15.1 Å². The van der Waals surface area contributed by atoms with Crippen molar-refractivity contribution in [2.45, 2.75) is 39.7 Å². The maximum absolute atomic E-state index is 12.3. The molecule has 0 bridgehead atoms. The summed E-state index contributed by atoms with van der Waals surface area (Å²) in [7, 11) is 1.60. The zero-order chi connectivity index (χ0) is 17.0. The monoisotopic (exact) mass is 340 g/mol. The smallest absolute Gasteiger partial charge is 0.231 e. The van der Waals surface area contributed by atoms with Crippen LogP contribution >= 0.6 is 11.3 Å². The van der Waals surface area contributed by atoms with Crippen LogP contribution in [0.2, 0.25) is 0 Å². The van der Waals surface area contributed by atoms with Crippen molar-refractivity contribution in [3.63, 3.8) is 0 Å². The molecule has 0 unspecified atom stereocenters. The van der Waals surface area contributed by atoms with E-state index in [0.29, 0.717) is 24.2 Å². The highest BCUT2D eigenvalue weighted by molar-refractivity contribution is 7.15. The van der Waals surface area contributed by atoms with Crippen LogP contribution < -0.4 is 5.32 Å². The van der Waals surface area contributed by atoms with Gasteiger partial charge in [-0.25, -0.2) is 0 Å². The lowest BCUT2D eigenvalue weighted by Gasteiger charge is -2.23. The molecule has 0 radical (unpaired) electrons. The lowest BCUT2D eigenvalue weighted by molar-refractivity contribution is -0.130. The molecule has 8 heteroatoms. The van der Waals surface area contributed by atoms with E-state index in [1.165, 1.54) is 11.3 Å². The number of ether oxygens (including phenoxy) is 1. The van der Waals surface area contributed by atoms with Crippen LogP contribution in [-0.4, -0.2) is 53.2 Å². The summed E-state index contributed by atoms with van der Waals surface area (Å²) >= 11 is 1.39. The Morgan fingerprint density at radius 1 is 1.43 bits per heavy atom. The number of carbonyl (C=O) groups is 2. The van der Waals surface area contributed by atoms with Crippen LogP contribution in [-0.2, 0) is 20.7 Å². The van der Waals surface area contributed by atoms with E-state index in [2.05, 4.69) is 29.4 Å². The molecule has 1 aliphatic rings. The van der Waals surface area contributed by atoms with Gasteiger partial charge in [-0.1, -0.05) is 25.2 Å². The largest absolute Gasteiger partial charge is 0.383 e. The summed E-state index contributed by atoms with van der Waals surface area (Å²) in [5, 5.41) is 12.3. The molecule has 2 atom stereocenters. The van der Waals surface area contributed by atoms with Crippen molar-refractivity contribution in [3.05, 3.63) is 5.01 Å². The molecular weight excluding hydrogens is 316 g/mol. The zero-order valence-corrected chi connectivity index (χ0v) is 14.9. The molecule has 1 N–H and O–H groups in total. The number of anilines is 1. The van der Waals surface area contributed by atoms with Gasteiger partial charge in [-0.3, -0.25) is 9.59 Å². The van der Waals surface area contributed by atoms with Crippen LogP contribution in [0, 0.1) is 11.8 Å². The Hall–Kier alpha value is -1.54. The molecule has 0 saturated carbocycles. The van der Waals surface area contributed by atoms with Crippen molar-refractivity contribution >= 4 is 28.3 Å². The molecule has 0 aromatic carbocycles. The maximum Gasteiger partial charge on any atom is 0.231 e. The third-order valence-electron chi connectivity index (χ3n) is 3.75. The van der Waals surface area contributed by atoms with Gasteiger partial charge in [0, 0.05) is 26.5 Å². The summed E-state index contributed by atoms with van der Waals surface area (Å²) in [6.45, 7) is 7.03. The van der Waals surface area contributed by atoms with Gasteiger partial charge in [0.05, 0.1) is 18.6 Å². The predicted molar refractivity (Wildman–Crippen MR) is 88.2 cm³/mol. The molecule has 1 aromatic heterocycles. The summed E-state index contributed by atoms with van der Waals surface area (Å²) in [5.41, 5.74) is 0. The van der Waals surface area contributed by atoms with Gasteiger partial charge < -0.3 is 15.0 Å². The van der Waals surface area contributed by atoms with Crippen LogP contribution in [0.25, 0.3) is 0 Å². The Kier molecular flexibility index (Phi) is 6.06. The van der Waals surface area contributed by atoms with E-state index in [4.69, 9.17) is 4.74 Å². The fraction of sp³-hybridized carbons (Fsp3) is 0.733. The number of aromatic nitrogens is 2. The maximum atomic E-state index is 12.3. The molecule has 7 nitrogen and oxygen atoms in total. The highest BCUT2D eigenvalue weighted by atomic mass is 32.1. The highest BCUT2D eigenvalue weighted by Crippen LogP contribution is 2.24. The van der Waals surface area contributed by atoms with Crippen molar-refractivity contribution in [2.75, 3.05) is 25.6 Å². The average Bonchev–Trinajstić information content (AvgIpc) is 3.05. The molecule has 1 fully saturated rings. The van der Waals surface area contributed by atoms with E-state index in [9.17, 15) is 9.59 Å². The number of methoxy groups -OCH3 is 1. The number of hydrogen-bond acceptors (Lipinski definition) is 6. The fourth-order valence-corrected chi connectivity index (χ4v) is 3.56. The number of nitrogens with zero attached hydrogens (tertiary/aromatic N) is 3.